The maximum atomic E-state index is 12.4. The first-order valence-corrected chi connectivity index (χ1v) is 9.40. The average Bonchev–Trinajstić information content (AvgIpc) is 2.61. The number of ether oxygens (including phenoxy) is 3. The number of carbonyl (C=O) groups is 3. The van der Waals surface area contributed by atoms with E-state index in [2.05, 4.69) is 10.6 Å². The lowest BCUT2D eigenvalue weighted by Crippen LogP contribution is -2.46. The van der Waals surface area contributed by atoms with Gasteiger partial charge in [0.2, 0.25) is 0 Å². The van der Waals surface area contributed by atoms with Gasteiger partial charge in [0.15, 0.2) is 17.6 Å². The molecule has 0 saturated carbocycles. The molecule has 2 N–H and O–H groups in total. The average molecular weight is 415 g/mol. The van der Waals surface area contributed by atoms with Crippen LogP contribution in [0, 0.1) is 0 Å². The third-order valence-corrected chi connectivity index (χ3v) is 3.80. The molecular weight excluding hydrogens is 388 g/mol. The number of amides is 3. The zero-order valence-corrected chi connectivity index (χ0v) is 17.5. The Hall–Kier alpha value is -2.48. The van der Waals surface area contributed by atoms with Crippen molar-refractivity contribution >= 4 is 29.5 Å². The van der Waals surface area contributed by atoms with E-state index in [1.54, 1.807) is 13.8 Å². The minimum Gasteiger partial charge on any atom is -0.493 e. The second-order valence-corrected chi connectivity index (χ2v) is 6.76. The number of carbonyl (C=O) groups excluding carboxylic acids is 3. The number of halogens is 1. The number of nitrogens with one attached hydrogen (secondary N) is 2. The van der Waals surface area contributed by atoms with Crippen molar-refractivity contribution in [2.75, 3.05) is 13.7 Å². The van der Waals surface area contributed by atoms with Crippen LogP contribution in [-0.2, 0) is 9.53 Å². The molecule has 0 saturated heterocycles. The van der Waals surface area contributed by atoms with E-state index >= 15 is 0 Å². The van der Waals surface area contributed by atoms with Gasteiger partial charge in [-0.25, -0.2) is 9.59 Å². The lowest BCUT2D eigenvalue weighted by atomic mass is 10.2. The molecule has 0 aliphatic carbocycles. The standard InChI is InChI=1S/C19H27ClN2O6/c1-6-7-8-27-16-14(20)9-13(10-15(16)26-5)18(24)28-12(4)17(23)22-19(25)21-11(2)3/h9-12H,6-8H2,1-5H3,(H2,21,22,23,25)/t12-/m1/s1. The highest BCUT2D eigenvalue weighted by Crippen LogP contribution is 2.36. The molecule has 8 nitrogen and oxygen atoms in total. The smallest absolute Gasteiger partial charge is 0.339 e. The van der Waals surface area contributed by atoms with E-state index in [-0.39, 0.29) is 22.4 Å². The first kappa shape index (κ1) is 23.6. The number of urea groups is 1. The zero-order valence-electron chi connectivity index (χ0n) is 16.8. The maximum absolute atomic E-state index is 12.4. The molecule has 1 aromatic rings. The summed E-state index contributed by atoms with van der Waals surface area (Å²) < 4.78 is 16.0. The molecule has 0 fully saturated rings. The van der Waals surface area contributed by atoms with E-state index in [0.29, 0.717) is 12.4 Å². The van der Waals surface area contributed by atoms with E-state index in [4.69, 9.17) is 25.8 Å². The fourth-order valence-corrected chi connectivity index (χ4v) is 2.36. The first-order chi connectivity index (χ1) is 13.2. The van der Waals surface area contributed by atoms with Crippen LogP contribution in [0.5, 0.6) is 11.5 Å². The molecule has 28 heavy (non-hydrogen) atoms. The van der Waals surface area contributed by atoms with E-state index in [9.17, 15) is 14.4 Å². The van der Waals surface area contributed by atoms with Crippen LogP contribution in [0.3, 0.4) is 0 Å². The highest BCUT2D eigenvalue weighted by molar-refractivity contribution is 6.32. The van der Waals surface area contributed by atoms with Gasteiger partial charge in [0, 0.05) is 6.04 Å². The van der Waals surface area contributed by atoms with Crippen LogP contribution >= 0.6 is 11.6 Å². The normalized spacial score (nSPS) is 11.5. The Morgan fingerprint density at radius 1 is 1.18 bits per heavy atom. The largest absolute Gasteiger partial charge is 0.493 e. The molecule has 0 aliphatic heterocycles. The molecule has 0 unspecified atom stereocenters. The number of methoxy groups -OCH3 is 1. The van der Waals surface area contributed by atoms with Crippen molar-refractivity contribution in [3.8, 4) is 11.5 Å². The monoisotopic (exact) mass is 414 g/mol. The summed E-state index contributed by atoms with van der Waals surface area (Å²) in [5.41, 5.74) is 0.0935. The minimum absolute atomic E-state index is 0.0935. The number of hydrogen-bond donors (Lipinski definition) is 2. The maximum Gasteiger partial charge on any atom is 0.339 e. The van der Waals surface area contributed by atoms with Gasteiger partial charge >= 0.3 is 12.0 Å². The number of esters is 1. The summed E-state index contributed by atoms with van der Waals surface area (Å²) in [6.45, 7) is 7.36. The summed E-state index contributed by atoms with van der Waals surface area (Å²) >= 11 is 6.21. The predicted octanol–water partition coefficient (Wildman–Crippen LogP) is 3.31. The van der Waals surface area contributed by atoms with E-state index in [1.807, 2.05) is 6.92 Å². The molecule has 0 heterocycles. The number of rotatable bonds is 9. The lowest BCUT2D eigenvalue weighted by molar-refractivity contribution is -0.127. The minimum atomic E-state index is -1.18. The first-order valence-electron chi connectivity index (χ1n) is 9.02. The Bertz CT molecular complexity index is 708. The van der Waals surface area contributed by atoms with Crippen molar-refractivity contribution in [3.05, 3.63) is 22.7 Å². The Labute approximate surface area is 169 Å². The molecule has 0 radical (unpaired) electrons. The summed E-state index contributed by atoms with van der Waals surface area (Å²) in [7, 11) is 1.43. The molecule has 0 bridgehead atoms. The molecule has 1 rings (SSSR count). The third-order valence-electron chi connectivity index (χ3n) is 3.52. The van der Waals surface area contributed by atoms with Crippen LogP contribution < -0.4 is 20.1 Å². The zero-order chi connectivity index (χ0) is 21.3. The van der Waals surface area contributed by atoms with Gasteiger partial charge in [0.1, 0.15) is 0 Å². The van der Waals surface area contributed by atoms with Crippen LogP contribution in [0.2, 0.25) is 5.02 Å². The fourth-order valence-electron chi connectivity index (χ4n) is 2.09. The highest BCUT2D eigenvalue weighted by Gasteiger charge is 2.23. The van der Waals surface area contributed by atoms with Crippen LogP contribution in [0.15, 0.2) is 12.1 Å². The van der Waals surface area contributed by atoms with Crippen molar-refractivity contribution in [3.63, 3.8) is 0 Å². The van der Waals surface area contributed by atoms with Gasteiger partial charge in [-0.2, -0.15) is 0 Å². The summed E-state index contributed by atoms with van der Waals surface area (Å²) in [5, 5.41) is 4.80. The fraction of sp³-hybridized carbons (Fsp3) is 0.526. The second-order valence-electron chi connectivity index (χ2n) is 6.36. The van der Waals surface area contributed by atoms with E-state index < -0.39 is 24.0 Å². The number of unbranched alkanes of at least 4 members (excludes halogenated alkanes) is 1. The predicted molar refractivity (Wildman–Crippen MR) is 105 cm³/mol. The molecule has 1 aromatic carbocycles. The Morgan fingerprint density at radius 2 is 1.86 bits per heavy atom. The van der Waals surface area contributed by atoms with Gasteiger partial charge in [-0.1, -0.05) is 24.9 Å². The molecular formula is C19H27ClN2O6. The second kappa shape index (κ2) is 11.4. The van der Waals surface area contributed by atoms with Crippen molar-refractivity contribution in [2.24, 2.45) is 0 Å². The van der Waals surface area contributed by atoms with Crippen LogP contribution in [-0.4, -0.2) is 43.8 Å². The van der Waals surface area contributed by atoms with Crippen LogP contribution in [0.1, 0.15) is 50.9 Å². The van der Waals surface area contributed by atoms with Gasteiger partial charge in [0.25, 0.3) is 5.91 Å². The lowest BCUT2D eigenvalue weighted by Gasteiger charge is -2.16. The Balaban J connectivity index is 2.81. The molecule has 0 aliphatic rings. The van der Waals surface area contributed by atoms with Crippen LogP contribution in [0.25, 0.3) is 0 Å². The molecule has 0 aromatic heterocycles. The van der Waals surface area contributed by atoms with Crippen molar-refractivity contribution in [1.29, 1.82) is 0 Å². The van der Waals surface area contributed by atoms with Gasteiger partial charge in [-0.3, -0.25) is 10.1 Å². The third kappa shape index (κ3) is 7.26. The summed E-state index contributed by atoms with van der Waals surface area (Å²) in [4.78, 5) is 35.9. The molecule has 9 heteroatoms. The van der Waals surface area contributed by atoms with Crippen LogP contribution in [0.4, 0.5) is 4.79 Å². The number of imide groups is 1. The van der Waals surface area contributed by atoms with Gasteiger partial charge < -0.3 is 19.5 Å². The van der Waals surface area contributed by atoms with Gasteiger partial charge in [-0.05, 0) is 39.3 Å². The van der Waals surface area contributed by atoms with E-state index in [0.717, 1.165) is 12.8 Å². The summed E-state index contributed by atoms with van der Waals surface area (Å²) in [5.74, 6) is -0.911. The number of hydrogen-bond acceptors (Lipinski definition) is 6. The summed E-state index contributed by atoms with van der Waals surface area (Å²) in [6, 6.07) is 1.99. The molecule has 156 valence electrons. The molecule has 1 atom stereocenters. The van der Waals surface area contributed by atoms with Gasteiger partial charge in [0.05, 0.1) is 24.3 Å². The van der Waals surface area contributed by atoms with Crippen molar-refractivity contribution in [2.45, 2.75) is 52.7 Å². The number of benzene rings is 1. The van der Waals surface area contributed by atoms with Crippen molar-refractivity contribution in [1.82, 2.24) is 10.6 Å². The SMILES string of the molecule is CCCCOc1c(Cl)cc(C(=O)O[C@H](C)C(=O)NC(=O)NC(C)C)cc1OC. The Kier molecular flexibility index (Phi) is 9.58. The molecule has 3 amide bonds. The highest BCUT2D eigenvalue weighted by atomic mass is 35.5. The van der Waals surface area contributed by atoms with Crippen molar-refractivity contribution < 1.29 is 28.6 Å². The van der Waals surface area contributed by atoms with Gasteiger partial charge in [-0.15, -0.1) is 0 Å². The van der Waals surface area contributed by atoms with E-state index in [1.165, 1.54) is 26.2 Å². The topological polar surface area (TPSA) is 103 Å². The summed E-state index contributed by atoms with van der Waals surface area (Å²) in [6.07, 6.45) is 0.621. The molecule has 0 spiro atoms. The Morgan fingerprint density at radius 3 is 2.43 bits per heavy atom. The quantitative estimate of drug-likeness (QED) is 0.474.